The second-order valence-corrected chi connectivity index (χ2v) is 7.74. The van der Waals surface area contributed by atoms with E-state index in [9.17, 15) is 8.42 Å². The number of halogens is 2. The van der Waals surface area contributed by atoms with Crippen LogP contribution in [0, 0.1) is 6.92 Å². The Morgan fingerprint density at radius 2 is 2.11 bits per heavy atom. The van der Waals surface area contributed by atoms with E-state index in [4.69, 9.17) is 11.6 Å². The van der Waals surface area contributed by atoms with Crippen LogP contribution >= 0.6 is 38.9 Å². The van der Waals surface area contributed by atoms with Crippen LogP contribution in [0.15, 0.2) is 38.3 Å². The molecular formula is C11H9BrClNO2S2. The number of aryl methyl sites for hydroxylation is 1. The maximum absolute atomic E-state index is 12.0. The first-order valence-corrected chi connectivity index (χ1v) is 8.45. The topological polar surface area (TPSA) is 46.2 Å². The zero-order valence-corrected chi connectivity index (χ0v) is 13.3. The Kier molecular flexibility index (Phi) is 4.01. The van der Waals surface area contributed by atoms with Crippen LogP contribution in [0.25, 0.3) is 0 Å². The lowest BCUT2D eigenvalue weighted by Crippen LogP contribution is -2.11. The van der Waals surface area contributed by atoms with Gasteiger partial charge in [-0.3, -0.25) is 4.72 Å². The minimum Gasteiger partial charge on any atom is -0.278 e. The quantitative estimate of drug-likeness (QED) is 0.881. The third-order valence-corrected chi connectivity index (χ3v) is 6.08. The van der Waals surface area contributed by atoms with Crippen molar-refractivity contribution >= 4 is 54.6 Å². The van der Waals surface area contributed by atoms with E-state index < -0.39 is 10.0 Å². The molecule has 0 aliphatic rings. The van der Waals surface area contributed by atoms with Gasteiger partial charge in [0.2, 0.25) is 0 Å². The van der Waals surface area contributed by atoms with E-state index in [0.29, 0.717) is 15.2 Å². The summed E-state index contributed by atoms with van der Waals surface area (Å²) in [5.41, 5.74) is 1.31. The summed E-state index contributed by atoms with van der Waals surface area (Å²) in [7, 11) is -3.54. The molecule has 0 radical (unpaired) electrons. The van der Waals surface area contributed by atoms with Crippen molar-refractivity contribution in [3.63, 3.8) is 0 Å². The first kappa shape index (κ1) is 13.9. The van der Waals surface area contributed by atoms with Crippen molar-refractivity contribution in [3.8, 4) is 0 Å². The van der Waals surface area contributed by atoms with Gasteiger partial charge in [-0.15, -0.1) is 11.3 Å². The summed E-state index contributed by atoms with van der Waals surface area (Å²) in [4.78, 5) is 0. The highest BCUT2D eigenvalue weighted by Gasteiger charge is 2.17. The molecule has 18 heavy (non-hydrogen) atoms. The smallest absolute Gasteiger partial charge is 0.271 e. The summed E-state index contributed by atoms with van der Waals surface area (Å²) in [5.74, 6) is 0. The van der Waals surface area contributed by atoms with Crippen molar-refractivity contribution in [3.05, 3.63) is 44.7 Å². The van der Waals surface area contributed by atoms with Gasteiger partial charge in [0.25, 0.3) is 10.0 Å². The van der Waals surface area contributed by atoms with Crippen LogP contribution in [-0.2, 0) is 10.0 Å². The molecule has 0 atom stereocenters. The van der Waals surface area contributed by atoms with Gasteiger partial charge in [-0.05, 0) is 52.0 Å². The van der Waals surface area contributed by atoms with E-state index in [1.165, 1.54) is 0 Å². The van der Waals surface area contributed by atoms with Crippen LogP contribution in [0.1, 0.15) is 5.56 Å². The van der Waals surface area contributed by atoms with Crippen molar-refractivity contribution in [1.82, 2.24) is 0 Å². The van der Waals surface area contributed by atoms with Crippen LogP contribution in [0.4, 0.5) is 5.69 Å². The number of anilines is 1. The summed E-state index contributed by atoms with van der Waals surface area (Å²) < 4.78 is 27.5. The van der Waals surface area contributed by atoms with Gasteiger partial charge in [0.05, 0.1) is 5.69 Å². The molecule has 0 saturated carbocycles. The predicted octanol–water partition coefficient (Wildman–Crippen LogP) is 4.27. The minimum absolute atomic E-state index is 0.270. The lowest BCUT2D eigenvalue weighted by molar-refractivity contribution is 0.603. The third-order valence-electron chi connectivity index (χ3n) is 2.25. The molecule has 1 aromatic heterocycles. The maximum atomic E-state index is 12.0. The lowest BCUT2D eigenvalue weighted by Gasteiger charge is -2.10. The van der Waals surface area contributed by atoms with E-state index >= 15 is 0 Å². The third kappa shape index (κ3) is 2.88. The first-order chi connectivity index (χ1) is 8.40. The van der Waals surface area contributed by atoms with E-state index in [1.807, 2.05) is 6.92 Å². The van der Waals surface area contributed by atoms with Crippen molar-refractivity contribution in [2.24, 2.45) is 0 Å². The number of benzene rings is 1. The normalized spacial score (nSPS) is 11.5. The molecule has 1 N–H and O–H groups in total. The number of sulfonamides is 1. The highest BCUT2D eigenvalue weighted by molar-refractivity contribution is 9.10. The van der Waals surface area contributed by atoms with Crippen LogP contribution in [-0.4, -0.2) is 8.42 Å². The highest BCUT2D eigenvalue weighted by atomic mass is 79.9. The molecule has 0 saturated heterocycles. The average Bonchev–Trinajstić information content (AvgIpc) is 2.79. The molecule has 1 aromatic carbocycles. The van der Waals surface area contributed by atoms with Gasteiger partial charge in [-0.25, -0.2) is 8.42 Å². The Bertz CT molecular complexity index is 669. The summed E-state index contributed by atoms with van der Waals surface area (Å²) in [6, 6.07) is 6.60. The van der Waals surface area contributed by atoms with Gasteiger partial charge in [-0.1, -0.05) is 17.7 Å². The molecule has 0 bridgehead atoms. The molecular weight excluding hydrogens is 358 g/mol. The van der Waals surface area contributed by atoms with E-state index in [2.05, 4.69) is 20.7 Å². The Balaban J connectivity index is 2.39. The lowest BCUT2D eigenvalue weighted by atomic mass is 10.2. The van der Waals surface area contributed by atoms with Crippen LogP contribution in [0.3, 0.4) is 0 Å². The molecule has 0 aliphatic carbocycles. The Morgan fingerprint density at radius 1 is 1.39 bits per heavy atom. The first-order valence-electron chi connectivity index (χ1n) is 4.92. The average molecular weight is 367 g/mol. The number of hydrogen-bond acceptors (Lipinski definition) is 3. The molecule has 0 fully saturated rings. The molecule has 7 heteroatoms. The number of rotatable bonds is 3. The van der Waals surface area contributed by atoms with Crippen molar-refractivity contribution in [2.75, 3.05) is 4.72 Å². The van der Waals surface area contributed by atoms with E-state index in [0.717, 1.165) is 16.9 Å². The number of nitrogens with one attached hydrogen (secondary N) is 1. The zero-order chi connectivity index (χ0) is 13.3. The van der Waals surface area contributed by atoms with Crippen LogP contribution < -0.4 is 4.72 Å². The number of hydrogen-bond donors (Lipinski definition) is 1. The van der Waals surface area contributed by atoms with Gasteiger partial charge in [0.1, 0.15) is 4.21 Å². The highest BCUT2D eigenvalue weighted by Crippen LogP contribution is 2.31. The largest absolute Gasteiger partial charge is 0.278 e. The Labute approximate surface area is 123 Å². The summed E-state index contributed by atoms with van der Waals surface area (Å²) in [6.45, 7) is 1.85. The van der Waals surface area contributed by atoms with E-state index in [-0.39, 0.29) is 4.21 Å². The SMILES string of the molecule is Cc1cc(Br)c(NS(=O)(=O)c2cccs2)cc1Cl. The minimum atomic E-state index is -3.54. The molecule has 3 nitrogen and oxygen atoms in total. The molecule has 0 spiro atoms. The second-order valence-electron chi connectivity index (χ2n) is 3.62. The molecule has 2 rings (SSSR count). The summed E-state index contributed by atoms with van der Waals surface area (Å²) >= 11 is 10.5. The fraction of sp³-hybridized carbons (Fsp3) is 0.0909. The van der Waals surface area contributed by atoms with Gasteiger partial charge < -0.3 is 0 Å². The maximum Gasteiger partial charge on any atom is 0.271 e. The van der Waals surface area contributed by atoms with Crippen molar-refractivity contribution in [1.29, 1.82) is 0 Å². The second kappa shape index (κ2) is 5.21. The van der Waals surface area contributed by atoms with Gasteiger partial charge in [0, 0.05) is 9.50 Å². The van der Waals surface area contributed by atoms with Crippen LogP contribution in [0.5, 0.6) is 0 Å². The fourth-order valence-electron chi connectivity index (χ4n) is 1.34. The predicted molar refractivity (Wildman–Crippen MR) is 79.0 cm³/mol. The summed E-state index contributed by atoms with van der Waals surface area (Å²) in [5, 5.41) is 2.23. The fourth-order valence-corrected chi connectivity index (χ4v) is 4.25. The van der Waals surface area contributed by atoms with Crippen molar-refractivity contribution < 1.29 is 8.42 Å². The van der Waals surface area contributed by atoms with E-state index in [1.54, 1.807) is 29.6 Å². The Hall–Kier alpha value is -0.560. The van der Waals surface area contributed by atoms with Gasteiger partial charge in [-0.2, -0.15) is 0 Å². The molecule has 0 unspecified atom stereocenters. The molecule has 0 amide bonds. The number of thiophene rings is 1. The molecule has 1 heterocycles. The zero-order valence-electron chi connectivity index (χ0n) is 9.28. The molecule has 2 aromatic rings. The van der Waals surface area contributed by atoms with Gasteiger partial charge in [0.15, 0.2) is 0 Å². The monoisotopic (exact) mass is 365 g/mol. The van der Waals surface area contributed by atoms with Gasteiger partial charge >= 0.3 is 0 Å². The molecule has 0 aliphatic heterocycles. The molecule has 96 valence electrons. The van der Waals surface area contributed by atoms with Crippen LogP contribution in [0.2, 0.25) is 5.02 Å². The van der Waals surface area contributed by atoms with Crippen molar-refractivity contribution in [2.45, 2.75) is 11.1 Å². The Morgan fingerprint density at radius 3 is 2.72 bits per heavy atom. The summed E-state index contributed by atoms with van der Waals surface area (Å²) in [6.07, 6.45) is 0. The standard InChI is InChI=1S/C11H9BrClNO2S2/c1-7-5-8(12)10(6-9(7)13)14-18(15,16)11-3-2-4-17-11/h2-6,14H,1H3.